The second kappa shape index (κ2) is 6.09. The Labute approximate surface area is 140 Å². The molecule has 0 aromatic rings. The maximum Gasteiger partial charge on any atom is 0.483 e. The highest BCUT2D eigenvalue weighted by Crippen LogP contribution is 2.60. The molecule has 1 heterocycles. The average molecular weight is 460 g/mol. The molecule has 28 heavy (non-hydrogen) atoms. The van der Waals surface area contributed by atoms with Crippen LogP contribution in [0.1, 0.15) is 0 Å². The number of hydrogen-bond acceptors (Lipinski definition) is 3. The van der Waals surface area contributed by atoms with Crippen LogP contribution in [0, 0.1) is 0 Å². The fourth-order valence-corrected chi connectivity index (χ4v) is 1.42. The van der Waals surface area contributed by atoms with E-state index in [2.05, 4.69) is 9.47 Å². The minimum absolute atomic E-state index is 1.51. The molecule has 1 saturated heterocycles. The van der Waals surface area contributed by atoms with Gasteiger partial charge in [-0.05, 0) is 0 Å². The van der Waals surface area contributed by atoms with E-state index >= 15 is 0 Å². The molecule has 0 radical (unpaired) electrons. The van der Waals surface area contributed by atoms with Crippen LogP contribution >= 0.6 is 0 Å². The topological polar surface area (TPSA) is 27.7 Å². The molecule has 0 N–H and O–H groups in total. The first-order chi connectivity index (χ1) is 12.0. The molecule has 1 aliphatic rings. The third-order valence-electron chi connectivity index (χ3n) is 2.75. The molecule has 1 fully saturated rings. The summed E-state index contributed by atoms with van der Waals surface area (Å²) < 4.78 is 209. The smallest absolute Gasteiger partial charge is 0.408 e. The third-order valence-corrected chi connectivity index (χ3v) is 2.75. The van der Waals surface area contributed by atoms with Crippen molar-refractivity contribution in [2.45, 2.75) is 42.2 Å². The van der Waals surface area contributed by atoms with Gasteiger partial charge in [0.05, 0.1) is 0 Å². The van der Waals surface area contributed by atoms with Crippen LogP contribution in [0.25, 0.3) is 0 Å². The molecular formula is C9F16O3. The number of rotatable bonds is 4. The Morgan fingerprint density at radius 2 is 1.14 bits per heavy atom. The highest BCUT2D eigenvalue weighted by Gasteiger charge is 2.89. The van der Waals surface area contributed by atoms with Gasteiger partial charge < -0.3 is 9.47 Å². The van der Waals surface area contributed by atoms with Crippen LogP contribution in [0.15, 0.2) is 12.0 Å². The fourth-order valence-electron chi connectivity index (χ4n) is 1.42. The SMILES string of the molecule is FC(F)=C1OC(F)(F)C(F)(C(F)(F)OC(F)(C(F)(F)F)C(F)(F)C(F)(F)F)O1. The summed E-state index contributed by atoms with van der Waals surface area (Å²) in [5.74, 6) is -25.7. The Hall–Kier alpha value is -1.82. The lowest BCUT2D eigenvalue weighted by Gasteiger charge is -2.39. The van der Waals surface area contributed by atoms with Crippen molar-refractivity contribution in [3.05, 3.63) is 12.0 Å². The van der Waals surface area contributed by atoms with E-state index in [-0.39, 0.29) is 0 Å². The van der Waals surface area contributed by atoms with E-state index in [1.165, 1.54) is 4.74 Å². The lowest BCUT2D eigenvalue weighted by molar-refractivity contribution is -0.528. The van der Waals surface area contributed by atoms with E-state index < -0.39 is 54.2 Å². The van der Waals surface area contributed by atoms with Crippen LogP contribution in [0.5, 0.6) is 0 Å². The summed E-state index contributed by atoms with van der Waals surface area (Å²) in [6, 6.07) is 0. The third kappa shape index (κ3) is 3.25. The molecule has 0 aromatic heterocycles. The van der Waals surface area contributed by atoms with Crippen molar-refractivity contribution in [2.75, 3.05) is 0 Å². The standard InChI is InChI=1S/C9F16O3/c10-1(11)2-26-5(15,8(22,23)27-2)9(24,25)28-4(14,7(19,20)21)3(12,13)6(16,17)18. The predicted octanol–water partition coefficient (Wildman–Crippen LogP) is 5.39. The van der Waals surface area contributed by atoms with E-state index in [0.717, 1.165) is 0 Å². The lowest BCUT2D eigenvalue weighted by Crippen LogP contribution is -2.69. The quantitative estimate of drug-likeness (QED) is 0.527. The van der Waals surface area contributed by atoms with E-state index in [0.29, 0.717) is 0 Å². The molecule has 2 unspecified atom stereocenters. The Bertz CT molecular complexity index is 645. The van der Waals surface area contributed by atoms with Crippen molar-refractivity contribution < 1.29 is 84.5 Å². The summed E-state index contributed by atoms with van der Waals surface area (Å²) in [6.07, 6.45) is -33.0. The molecule has 19 heteroatoms. The molecule has 1 aliphatic heterocycles. The molecule has 2 atom stereocenters. The summed E-state index contributed by atoms with van der Waals surface area (Å²) in [5.41, 5.74) is 0. The average Bonchev–Trinajstić information content (AvgIpc) is 2.67. The maximum atomic E-state index is 13.7. The van der Waals surface area contributed by atoms with Crippen LogP contribution in [-0.2, 0) is 14.2 Å². The van der Waals surface area contributed by atoms with Gasteiger partial charge in [-0.2, -0.15) is 70.2 Å². The summed E-state index contributed by atoms with van der Waals surface area (Å²) >= 11 is 0. The van der Waals surface area contributed by atoms with Crippen LogP contribution in [0.4, 0.5) is 70.2 Å². The van der Waals surface area contributed by atoms with Crippen LogP contribution in [0.2, 0.25) is 0 Å². The van der Waals surface area contributed by atoms with Gasteiger partial charge in [-0.3, -0.25) is 4.74 Å². The molecule has 0 aromatic carbocycles. The van der Waals surface area contributed by atoms with E-state index in [4.69, 9.17) is 0 Å². The molecule has 0 saturated carbocycles. The van der Waals surface area contributed by atoms with Crippen molar-refractivity contribution >= 4 is 0 Å². The predicted molar refractivity (Wildman–Crippen MR) is 47.1 cm³/mol. The van der Waals surface area contributed by atoms with Crippen molar-refractivity contribution in [2.24, 2.45) is 0 Å². The van der Waals surface area contributed by atoms with E-state index in [1.807, 2.05) is 0 Å². The van der Waals surface area contributed by atoms with Crippen molar-refractivity contribution in [3.8, 4) is 0 Å². The van der Waals surface area contributed by atoms with E-state index in [1.54, 1.807) is 0 Å². The highest BCUT2D eigenvalue weighted by molar-refractivity contribution is 5.05. The number of hydrogen-bond donors (Lipinski definition) is 0. The van der Waals surface area contributed by atoms with Gasteiger partial charge in [0.1, 0.15) is 0 Å². The second-order valence-corrected chi connectivity index (χ2v) is 4.65. The van der Waals surface area contributed by atoms with Crippen LogP contribution < -0.4 is 0 Å². The summed E-state index contributed by atoms with van der Waals surface area (Å²) in [4.78, 5) is 0. The van der Waals surface area contributed by atoms with Gasteiger partial charge in [-0.25, -0.2) is 0 Å². The molecule has 0 spiro atoms. The first-order valence-corrected chi connectivity index (χ1v) is 5.75. The van der Waals surface area contributed by atoms with Gasteiger partial charge in [-0.15, -0.1) is 0 Å². The molecule has 166 valence electrons. The molecule has 0 bridgehead atoms. The van der Waals surface area contributed by atoms with Gasteiger partial charge in [0.15, 0.2) is 0 Å². The Morgan fingerprint density at radius 1 is 0.714 bits per heavy atom. The number of alkyl halides is 14. The van der Waals surface area contributed by atoms with Crippen molar-refractivity contribution in [1.82, 2.24) is 0 Å². The van der Waals surface area contributed by atoms with E-state index in [9.17, 15) is 70.2 Å². The zero-order chi connectivity index (χ0) is 22.8. The summed E-state index contributed by atoms with van der Waals surface area (Å²) in [7, 11) is 0. The molecule has 0 amide bonds. The van der Waals surface area contributed by atoms with Gasteiger partial charge in [0.2, 0.25) is 0 Å². The minimum Gasteiger partial charge on any atom is -0.408 e. The van der Waals surface area contributed by atoms with Gasteiger partial charge in [0.25, 0.3) is 0 Å². The molecule has 1 rings (SSSR count). The zero-order valence-electron chi connectivity index (χ0n) is 11.8. The summed E-state index contributed by atoms with van der Waals surface area (Å²) in [6.45, 7) is 0. The maximum absolute atomic E-state index is 13.7. The highest BCUT2D eigenvalue weighted by atomic mass is 19.4. The van der Waals surface area contributed by atoms with Crippen molar-refractivity contribution in [3.63, 3.8) is 0 Å². The first-order valence-electron chi connectivity index (χ1n) is 5.75. The first kappa shape index (κ1) is 24.2. The number of ether oxygens (including phenoxy) is 3. The largest absolute Gasteiger partial charge is 0.483 e. The fraction of sp³-hybridized carbons (Fsp3) is 0.778. The lowest BCUT2D eigenvalue weighted by atomic mass is 10.1. The number of halogens is 16. The monoisotopic (exact) mass is 460 g/mol. The zero-order valence-corrected chi connectivity index (χ0v) is 11.8. The second-order valence-electron chi connectivity index (χ2n) is 4.65. The normalized spacial score (nSPS) is 25.8. The Balaban J connectivity index is 3.58. The van der Waals surface area contributed by atoms with Gasteiger partial charge in [-0.1, -0.05) is 0 Å². The van der Waals surface area contributed by atoms with Crippen LogP contribution in [0.3, 0.4) is 0 Å². The molecular weight excluding hydrogens is 460 g/mol. The molecule has 3 nitrogen and oxygen atoms in total. The Kier molecular flexibility index (Phi) is 5.26. The van der Waals surface area contributed by atoms with Crippen molar-refractivity contribution in [1.29, 1.82) is 0 Å². The van der Waals surface area contributed by atoms with Gasteiger partial charge >= 0.3 is 54.2 Å². The van der Waals surface area contributed by atoms with Crippen LogP contribution in [-0.4, -0.2) is 42.2 Å². The minimum atomic E-state index is -7.93. The summed E-state index contributed by atoms with van der Waals surface area (Å²) in [5, 5.41) is 0. The Morgan fingerprint density at radius 3 is 1.43 bits per heavy atom. The molecule has 0 aliphatic carbocycles. The van der Waals surface area contributed by atoms with Gasteiger partial charge in [0, 0.05) is 0 Å².